The Balaban J connectivity index is 2.20. The van der Waals surface area contributed by atoms with Crippen molar-refractivity contribution in [3.05, 3.63) is 41.3 Å². The molecule has 2 heterocycles. The van der Waals surface area contributed by atoms with Crippen LogP contribution in [0.3, 0.4) is 0 Å². The van der Waals surface area contributed by atoms with Gasteiger partial charge >= 0.3 is 0 Å². The van der Waals surface area contributed by atoms with Gasteiger partial charge in [0.1, 0.15) is 11.5 Å². The van der Waals surface area contributed by atoms with Gasteiger partial charge in [0.2, 0.25) is 0 Å². The number of carbonyl (C=O) groups excluding carboxylic acids is 1. The second-order valence-electron chi connectivity index (χ2n) is 4.73. The van der Waals surface area contributed by atoms with E-state index >= 15 is 0 Å². The molecule has 0 aliphatic carbocycles. The number of benzene rings is 1. The Bertz CT molecular complexity index is 648. The number of amides is 1. The van der Waals surface area contributed by atoms with Crippen molar-refractivity contribution >= 4 is 5.91 Å². The van der Waals surface area contributed by atoms with Crippen LogP contribution in [0, 0.1) is 5.82 Å². The van der Waals surface area contributed by atoms with Crippen LogP contribution in [0.25, 0.3) is 11.3 Å². The first-order valence-electron chi connectivity index (χ1n) is 6.32. The third kappa shape index (κ3) is 2.01. The molecule has 98 valence electrons. The fraction of sp³-hybridized carbons (Fsp3) is 0.286. The Morgan fingerprint density at radius 3 is 2.95 bits per heavy atom. The third-order valence-corrected chi connectivity index (χ3v) is 3.44. The molecule has 2 N–H and O–H groups in total. The summed E-state index contributed by atoms with van der Waals surface area (Å²) in [5.41, 5.74) is 7.86. The van der Waals surface area contributed by atoms with E-state index in [2.05, 4.69) is 5.10 Å². The van der Waals surface area contributed by atoms with Gasteiger partial charge in [-0.15, -0.1) is 0 Å². The van der Waals surface area contributed by atoms with Crippen LogP contribution in [0.15, 0.2) is 24.3 Å². The molecule has 0 fully saturated rings. The number of aromatic nitrogens is 2. The summed E-state index contributed by atoms with van der Waals surface area (Å²) in [4.78, 5) is 11.7. The van der Waals surface area contributed by atoms with Crippen LogP contribution in [-0.4, -0.2) is 15.7 Å². The average Bonchev–Trinajstić information content (AvgIpc) is 2.78. The van der Waals surface area contributed by atoms with Gasteiger partial charge in [0.05, 0.1) is 11.3 Å². The minimum atomic E-state index is -0.498. The number of nitrogens with two attached hydrogens (primary N) is 1. The Morgan fingerprint density at radius 2 is 2.21 bits per heavy atom. The van der Waals surface area contributed by atoms with E-state index in [-0.39, 0.29) is 5.82 Å². The molecule has 1 aliphatic heterocycles. The fourth-order valence-corrected chi connectivity index (χ4v) is 2.59. The number of rotatable bonds is 2. The number of aryl methyl sites for hydroxylation is 1. The first-order chi connectivity index (χ1) is 9.16. The molecule has 1 amide bonds. The van der Waals surface area contributed by atoms with Crippen molar-refractivity contribution < 1.29 is 9.18 Å². The van der Waals surface area contributed by atoms with Crippen molar-refractivity contribution in [2.75, 3.05) is 0 Å². The van der Waals surface area contributed by atoms with Crippen molar-refractivity contribution in [3.63, 3.8) is 0 Å². The molecular weight excluding hydrogens is 245 g/mol. The van der Waals surface area contributed by atoms with Gasteiger partial charge in [0.25, 0.3) is 5.91 Å². The molecule has 0 spiro atoms. The van der Waals surface area contributed by atoms with E-state index in [0.29, 0.717) is 16.8 Å². The maximum atomic E-state index is 13.3. The smallest absolute Gasteiger partial charge is 0.252 e. The minimum absolute atomic E-state index is 0.348. The number of hydrogen-bond acceptors (Lipinski definition) is 2. The molecule has 19 heavy (non-hydrogen) atoms. The molecule has 0 unspecified atom stereocenters. The zero-order chi connectivity index (χ0) is 13.4. The van der Waals surface area contributed by atoms with Crippen LogP contribution in [0.1, 0.15) is 28.9 Å². The summed E-state index contributed by atoms with van der Waals surface area (Å²) in [6.07, 6.45) is 2.85. The summed E-state index contributed by atoms with van der Waals surface area (Å²) in [5.74, 6) is -0.846. The van der Waals surface area contributed by atoms with Gasteiger partial charge in [-0.2, -0.15) is 5.10 Å². The van der Waals surface area contributed by atoms with E-state index in [1.165, 1.54) is 12.1 Å². The molecule has 0 atom stereocenters. The lowest BCUT2D eigenvalue weighted by molar-refractivity contribution is 0.0999. The van der Waals surface area contributed by atoms with Crippen molar-refractivity contribution in [3.8, 4) is 11.3 Å². The van der Waals surface area contributed by atoms with E-state index in [9.17, 15) is 9.18 Å². The van der Waals surface area contributed by atoms with Gasteiger partial charge in [0, 0.05) is 12.1 Å². The molecule has 0 saturated carbocycles. The van der Waals surface area contributed by atoms with Crippen molar-refractivity contribution in [1.82, 2.24) is 9.78 Å². The van der Waals surface area contributed by atoms with E-state index in [1.807, 2.05) is 4.68 Å². The molecule has 1 aromatic carbocycles. The van der Waals surface area contributed by atoms with Crippen LogP contribution in [0.5, 0.6) is 0 Å². The quantitative estimate of drug-likeness (QED) is 0.898. The molecule has 3 rings (SSSR count). The van der Waals surface area contributed by atoms with Gasteiger partial charge in [-0.05, 0) is 31.4 Å². The topological polar surface area (TPSA) is 60.9 Å². The number of carbonyl (C=O) groups is 1. The van der Waals surface area contributed by atoms with Crippen LogP contribution in [-0.2, 0) is 13.0 Å². The zero-order valence-corrected chi connectivity index (χ0v) is 10.4. The monoisotopic (exact) mass is 259 g/mol. The highest BCUT2D eigenvalue weighted by atomic mass is 19.1. The lowest BCUT2D eigenvalue weighted by Gasteiger charge is -2.13. The first kappa shape index (κ1) is 11.9. The number of hydrogen-bond donors (Lipinski definition) is 1. The normalized spacial score (nSPS) is 14.2. The fourth-order valence-electron chi connectivity index (χ4n) is 2.59. The maximum Gasteiger partial charge on any atom is 0.252 e. The van der Waals surface area contributed by atoms with Crippen LogP contribution in [0.2, 0.25) is 0 Å². The summed E-state index contributed by atoms with van der Waals surface area (Å²) >= 11 is 0. The standard InChI is InChI=1S/C14H14FN3O/c15-10-5-3-4-9(8-10)13-12(14(16)19)11-6-1-2-7-18(11)17-13/h3-5,8H,1-2,6-7H2,(H2,16,19). The Labute approximate surface area is 110 Å². The van der Waals surface area contributed by atoms with E-state index < -0.39 is 5.91 Å². The summed E-state index contributed by atoms with van der Waals surface area (Å²) in [6, 6.07) is 6.09. The summed E-state index contributed by atoms with van der Waals surface area (Å²) in [7, 11) is 0. The SMILES string of the molecule is NC(=O)c1c(-c2cccc(F)c2)nn2c1CCCC2. The molecule has 0 radical (unpaired) electrons. The Kier molecular flexibility index (Phi) is 2.81. The van der Waals surface area contributed by atoms with Gasteiger partial charge in [-0.25, -0.2) is 4.39 Å². The Morgan fingerprint density at radius 1 is 1.37 bits per heavy atom. The van der Waals surface area contributed by atoms with E-state index in [4.69, 9.17) is 5.73 Å². The molecule has 4 nitrogen and oxygen atoms in total. The summed E-state index contributed by atoms with van der Waals surface area (Å²) in [6.45, 7) is 0.783. The highest BCUT2D eigenvalue weighted by Crippen LogP contribution is 2.29. The predicted octanol–water partition coefficient (Wildman–Crippen LogP) is 2.12. The summed E-state index contributed by atoms with van der Waals surface area (Å²) < 4.78 is 15.1. The number of nitrogens with zero attached hydrogens (tertiary/aromatic N) is 2. The van der Waals surface area contributed by atoms with Crippen molar-refractivity contribution in [1.29, 1.82) is 0 Å². The molecule has 0 saturated heterocycles. The minimum Gasteiger partial charge on any atom is -0.365 e. The summed E-state index contributed by atoms with van der Waals surface area (Å²) in [5, 5.41) is 4.43. The number of halogens is 1. The first-order valence-corrected chi connectivity index (χ1v) is 6.32. The Hall–Kier alpha value is -2.17. The van der Waals surface area contributed by atoms with Crippen molar-refractivity contribution in [2.24, 2.45) is 5.73 Å². The van der Waals surface area contributed by atoms with Gasteiger partial charge < -0.3 is 5.73 Å². The van der Waals surface area contributed by atoms with E-state index in [0.717, 1.165) is 31.5 Å². The van der Waals surface area contributed by atoms with Gasteiger partial charge in [0.15, 0.2) is 0 Å². The van der Waals surface area contributed by atoms with Crippen LogP contribution >= 0.6 is 0 Å². The maximum absolute atomic E-state index is 13.3. The molecule has 1 aliphatic rings. The van der Waals surface area contributed by atoms with E-state index in [1.54, 1.807) is 12.1 Å². The molecule has 5 heteroatoms. The zero-order valence-electron chi connectivity index (χ0n) is 10.4. The molecule has 1 aromatic heterocycles. The number of fused-ring (bicyclic) bond motifs is 1. The lowest BCUT2D eigenvalue weighted by atomic mass is 10.0. The average molecular weight is 259 g/mol. The molecule has 0 bridgehead atoms. The van der Waals surface area contributed by atoms with Gasteiger partial charge in [-0.3, -0.25) is 9.48 Å². The number of primary amides is 1. The highest BCUT2D eigenvalue weighted by Gasteiger charge is 2.24. The molecule has 2 aromatic rings. The second-order valence-corrected chi connectivity index (χ2v) is 4.73. The van der Waals surface area contributed by atoms with Crippen LogP contribution in [0.4, 0.5) is 4.39 Å². The highest BCUT2D eigenvalue weighted by molar-refractivity contribution is 6.00. The second kappa shape index (κ2) is 4.50. The van der Waals surface area contributed by atoms with Crippen molar-refractivity contribution in [2.45, 2.75) is 25.8 Å². The lowest BCUT2D eigenvalue weighted by Crippen LogP contribution is -2.17. The molecular formula is C14H14FN3O. The third-order valence-electron chi connectivity index (χ3n) is 3.44. The van der Waals surface area contributed by atoms with Gasteiger partial charge in [-0.1, -0.05) is 12.1 Å². The predicted molar refractivity (Wildman–Crippen MR) is 69.1 cm³/mol. The largest absolute Gasteiger partial charge is 0.365 e. The van der Waals surface area contributed by atoms with Crippen LogP contribution < -0.4 is 5.73 Å².